The molecule has 0 radical (unpaired) electrons. The Morgan fingerprint density at radius 3 is 2.53 bits per heavy atom. The van der Waals surface area contributed by atoms with Gasteiger partial charge in [-0.15, -0.1) is 12.3 Å². The summed E-state index contributed by atoms with van der Waals surface area (Å²) in [5.74, 6) is 2.54. The van der Waals surface area contributed by atoms with E-state index in [9.17, 15) is 5.11 Å². The van der Waals surface area contributed by atoms with Gasteiger partial charge < -0.3 is 5.11 Å². The van der Waals surface area contributed by atoms with Crippen LogP contribution >= 0.6 is 0 Å². The fourth-order valence-electron chi connectivity index (χ4n) is 1.48. The first-order valence-electron chi connectivity index (χ1n) is 5.39. The van der Waals surface area contributed by atoms with Crippen LogP contribution in [0.15, 0.2) is 24.3 Å². The predicted octanol–water partition coefficient (Wildman–Crippen LogP) is 2.70. The average molecular weight is 202 g/mol. The smallest absolute Gasteiger partial charge is 0.0552 e. The van der Waals surface area contributed by atoms with Crippen LogP contribution in [0.4, 0.5) is 0 Å². The van der Waals surface area contributed by atoms with E-state index in [4.69, 9.17) is 6.42 Å². The molecule has 1 atom stereocenters. The van der Waals surface area contributed by atoms with Crippen LogP contribution in [-0.4, -0.2) is 11.2 Å². The van der Waals surface area contributed by atoms with Crippen molar-refractivity contribution in [2.24, 2.45) is 0 Å². The van der Waals surface area contributed by atoms with Gasteiger partial charge in [-0.05, 0) is 31.7 Å². The Kier molecular flexibility index (Phi) is 4.93. The number of benzene rings is 1. The van der Waals surface area contributed by atoms with E-state index in [1.807, 2.05) is 0 Å². The minimum absolute atomic E-state index is 0.262. The Labute approximate surface area is 92.1 Å². The lowest BCUT2D eigenvalue weighted by Crippen LogP contribution is -2.07. The Hall–Kier alpha value is -1.26. The molecule has 0 heterocycles. The van der Waals surface area contributed by atoms with Crippen LogP contribution < -0.4 is 0 Å². The fraction of sp³-hybridized carbons (Fsp3) is 0.429. The molecule has 0 saturated heterocycles. The zero-order valence-electron chi connectivity index (χ0n) is 9.24. The van der Waals surface area contributed by atoms with E-state index >= 15 is 0 Å². The highest BCUT2D eigenvalue weighted by atomic mass is 16.3. The molecule has 0 aromatic heterocycles. The third-order valence-electron chi connectivity index (χ3n) is 2.51. The van der Waals surface area contributed by atoms with E-state index in [0.29, 0.717) is 12.8 Å². The highest BCUT2D eigenvalue weighted by Gasteiger charge is 2.03. The second-order valence-electron chi connectivity index (χ2n) is 3.92. The average Bonchev–Trinajstić information content (AvgIpc) is 2.25. The zero-order chi connectivity index (χ0) is 11.1. The standard InChI is InChI=1S/C14H18O/c1-3-4-5-14(15)11-10-13-8-6-12(2)7-9-13/h1,6-9,14-15H,4-5,10-11H2,2H3. The minimum Gasteiger partial charge on any atom is -0.393 e. The number of hydrogen-bond donors (Lipinski definition) is 1. The number of aryl methyl sites for hydroxylation is 2. The van der Waals surface area contributed by atoms with Crippen molar-refractivity contribution in [1.82, 2.24) is 0 Å². The van der Waals surface area contributed by atoms with Crippen molar-refractivity contribution in [1.29, 1.82) is 0 Å². The van der Waals surface area contributed by atoms with Crippen molar-refractivity contribution >= 4 is 0 Å². The summed E-state index contributed by atoms with van der Waals surface area (Å²) in [6.07, 6.45) is 7.97. The van der Waals surface area contributed by atoms with Crippen LogP contribution in [-0.2, 0) is 6.42 Å². The molecule has 0 fully saturated rings. The molecular weight excluding hydrogens is 184 g/mol. The largest absolute Gasteiger partial charge is 0.393 e. The van der Waals surface area contributed by atoms with Crippen molar-refractivity contribution in [2.45, 2.75) is 38.7 Å². The van der Waals surface area contributed by atoms with Gasteiger partial charge in [0.05, 0.1) is 6.10 Å². The number of aliphatic hydroxyl groups is 1. The Morgan fingerprint density at radius 1 is 1.27 bits per heavy atom. The predicted molar refractivity (Wildman–Crippen MR) is 63.6 cm³/mol. The van der Waals surface area contributed by atoms with Crippen LogP contribution in [0.25, 0.3) is 0 Å². The summed E-state index contributed by atoms with van der Waals surface area (Å²) >= 11 is 0. The molecule has 80 valence electrons. The monoisotopic (exact) mass is 202 g/mol. The third kappa shape index (κ3) is 4.67. The summed E-state index contributed by atoms with van der Waals surface area (Å²) < 4.78 is 0. The minimum atomic E-state index is -0.262. The normalized spacial score (nSPS) is 12.1. The summed E-state index contributed by atoms with van der Waals surface area (Å²) in [6.45, 7) is 2.07. The van der Waals surface area contributed by atoms with Crippen molar-refractivity contribution in [3.63, 3.8) is 0 Å². The highest BCUT2D eigenvalue weighted by molar-refractivity contribution is 5.21. The van der Waals surface area contributed by atoms with Crippen molar-refractivity contribution in [3.05, 3.63) is 35.4 Å². The molecule has 0 aliphatic carbocycles. The van der Waals surface area contributed by atoms with E-state index in [-0.39, 0.29) is 6.10 Å². The Morgan fingerprint density at radius 2 is 1.93 bits per heavy atom. The number of terminal acetylenes is 1. The maximum absolute atomic E-state index is 9.60. The summed E-state index contributed by atoms with van der Waals surface area (Å²) in [4.78, 5) is 0. The fourth-order valence-corrected chi connectivity index (χ4v) is 1.48. The lowest BCUT2D eigenvalue weighted by Gasteiger charge is -2.08. The van der Waals surface area contributed by atoms with E-state index < -0.39 is 0 Å². The molecule has 0 saturated carbocycles. The number of aliphatic hydroxyl groups excluding tert-OH is 1. The van der Waals surface area contributed by atoms with Gasteiger partial charge in [-0.1, -0.05) is 29.8 Å². The lowest BCUT2D eigenvalue weighted by atomic mass is 10.0. The van der Waals surface area contributed by atoms with Gasteiger partial charge in [0, 0.05) is 6.42 Å². The van der Waals surface area contributed by atoms with Crippen molar-refractivity contribution in [3.8, 4) is 12.3 Å². The molecule has 0 bridgehead atoms. The highest BCUT2D eigenvalue weighted by Crippen LogP contribution is 2.09. The van der Waals surface area contributed by atoms with Gasteiger partial charge in [0.25, 0.3) is 0 Å². The van der Waals surface area contributed by atoms with Gasteiger partial charge in [-0.25, -0.2) is 0 Å². The maximum atomic E-state index is 9.60. The van der Waals surface area contributed by atoms with E-state index in [0.717, 1.165) is 12.8 Å². The zero-order valence-corrected chi connectivity index (χ0v) is 9.24. The quantitative estimate of drug-likeness (QED) is 0.728. The molecule has 1 rings (SSSR count). The molecule has 1 heteroatoms. The summed E-state index contributed by atoms with van der Waals surface area (Å²) in [7, 11) is 0. The molecular formula is C14H18O. The Balaban J connectivity index is 2.31. The lowest BCUT2D eigenvalue weighted by molar-refractivity contribution is 0.157. The number of hydrogen-bond acceptors (Lipinski definition) is 1. The van der Waals surface area contributed by atoms with Gasteiger partial charge in [0.2, 0.25) is 0 Å². The van der Waals surface area contributed by atoms with Crippen LogP contribution in [0, 0.1) is 19.3 Å². The topological polar surface area (TPSA) is 20.2 Å². The van der Waals surface area contributed by atoms with Gasteiger partial charge in [-0.3, -0.25) is 0 Å². The molecule has 0 spiro atoms. The van der Waals surface area contributed by atoms with Crippen LogP contribution in [0.1, 0.15) is 30.4 Å². The number of rotatable bonds is 5. The molecule has 1 aromatic rings. The van der Waals surface area contributed by atoms with Gasteiger partial charge in [0.15, 0.2) is 0 Å². The second kappa shape index (κ2) is 6.27. The maximum Gasteiger partial charge on any atom is 0.0552 e. The summed E-state index contributed by atoms with van der Waals surface area (Å²) in [5.41, 5.74) is 2.55. The molecule has 1 aromatic carbocycles. The van der Waals surface area contributed by atoms with Gasteiger partial charge in [-0.2, -0.15) is 0 Å². The molecule has 1 unspecified atom stereocenters. The van der Waals surface area contributed by atoms with Crippen molar-refractivity contribution in [2.75, 3.05) is 0 Å². The molecule has 1 nitrogen and oxygen atoms in total. The van der Waals surface area contributed by atoms with E-state index in [2.05, 4.69) is 37.1 Å². The first kappa shape index (κ1) is 11.8. The summed E-state index contributed by atoms with van der Waals surface area (Å²) in [5, 5.41) is 9.60. The Bertz CT molecular complexity index is 318. The van der Waals surface area contributed by atoms with Crippen LogP contribution in [0.5, 0.6) is 0 Å². The van der Waals surface area contributed by atoms with Crippen LogP contribution in [0.3, 0.4) is 0 Å². The molecule has 0 aliphatic rings. The van der Waals surface area contributed by atoms with E-state index in [1.165, 1.54) is 11.1 Å². The van der Waals surface area contributed by atoms with Gasteiger partial charge in [0.1, 0.15) is 0 Å². The third-order valence-corrected chi connectivity index (χ3v) is 2.51. The first-order valence-corrected chi connectivity index (χ1v) is 5.39. The van der Waals surface area contributed by atoms with Crippen molar-refractivity contribution < 1.29 is 5.11 Å². The summed E-state index contributed by atoms with van der Waals surface area (Å²) in [6, 6.07) is 8.43. The SMILES string of the molecule is C#CCCC(O)CCc1ccc(C)cc1. The second-order valence-corrected chi connectivity index (χ2v) is 3.92. The molecule has 15 heavy (non-hydrogen) atoms. The van der Waals surface area contributed by atoms with E-state index in [1.54, 1.807) is 0 Å². The molecule has 0 aliphatic heterocycles. The van der Waals surface area contributed by atoms with Crippen LogP contribution in [0.2, 0.25) is 0 Å². The molecule has 0 amide bonds. The first-order chi connectivity index (χ1) is 7.22. The molecule has 1 N–H and O–H groups in total. The van der Waals surface area contributed by atoms with Gasteiger partial charge >= 0.3 is 0 Å².